The van der Waals surface area contributed by atoms with Crippen molar-refractivity contribution in [3.8, 4) is 0 Å². The highest BCUT2D eigenvalue weighted by atomic mass is 79.9. The summed E-state index contributed by atoms with van der Waals surface area (Å²) in [6.45, 7) is 4.22. The Bertz CT molecular complexity index is 253. The quantitative estimate of drug-likeness (QED) is 0.558. The van der Waals surface area contributed by atoms with Gasteiger partial charge < -0.3 is 0 Å². The van der Waals surface area contributed by atoms with Gasteiger partial charge in [-0.15, -0.1) is 0 Å². The number of hydrogen-bond acceptors (Lipinski definition) is 2. The Hall–Kier alpha value is 0.740. The Morgan fingerprint density at radius 2 is 1.69 bits per heavy atom. The third-order valence-electron chi connectivity index (χ3n) is 2.46. The van der Waals surface area contributed by atoms with Crippen LogP contribution in [-0.4, -0.2) is 23.5 Å². The van der Waals surface area contributed by atoms with Crippen LogP contribution in [0.4, 0.5) is 0 Å². The van der Waals surface area contributed by atoms with Crippen molar-refractivity contribution in [1.29, 1.82) is 0 Å². The van der Waals surface area contributed by atoms with Crippen molar-refractivity contribution >= 4 is 66.8 Å². The molecule has 13 heavy (non-hydrogen) atoms. The molecule has 0 aliphatic carbocycles. The van der Waals surface area contributed by atoms with E-state index >= 15 is 0 Å². The van der Waals surface area contributed by atoms with Crippen LogP contribution in [0.2, 0.25) is 0 Å². The summed E-state index contributed by atoms with van der Waals surface area (Å²) in [5.41, 5.74) is -0.143. The highest BCUT2D eigenvalue weighted by molar-refractivity contribution is 9.08. The number of nitrogens with zero attached hydrogens (tertiary/aromatic N) is 2. The summed E-state index contributed by atoms with van der Waals surface area (Å²) in [7, 11) is 0. The van der Waals surface area contributed by atoms with Crippen molar-refractivity contribution in [2.45, 2.75) is 32.2 Å². The Morgan fingerprint density at radius 3 is 1.85 bits per heavy atom. The molecule has 0 saturated carbocycles. The first-order valence-corrected chi connectivity index (χ1v) is 6.25. The molecule has 0 N–H and O–H groups in total. The minimum Gasteiger partial charge on any atom is -0.271 e. The van der Waals surface area contributed by atoms with Crippen LogP contribution in [0.25, 0.3) is 0 Å². The van der Waals surface area contributed by atoms with E-state index < -0.39 is 0 Å². The first-order valence-electron chi connectivity index (χ1n) is 4.01. The first kappa shape index (κ1) is 11.8. The third kappa shape index (κ3) is 1.56. The molecule has 0 aromatic rings. The monoisotopic (exact) mass is 344 g/mol. The highest BCUT2D eigenvalue weighted by Crippen LogP contribution is 2.39. The van der Waals surface area contributed by atoms with E-state index in [1.165, 1.54) is 0 Å². The summed E-state index contributed by atoms with van der Waals surface area (Å²) in [5.74, 6) is 0. The van der Waals surface area contributed by atoms with E-state index in [1.807, 2.05) is 3.93 Å². The largest absolute Gasteiger partial charge is 0.271 e. The number of hydrogen-bond donors (Lipinski definition) is 0. The Balaban J connectivity index is 3.11. The van der Waals surface area contributed by atoms with Crippen molar-refractivity contribution in [1.82, 2.24) is 7.85 Å². The van der Waals surface area contributed by atoms with Crippen LogP contribution in [0.15, 0.2) is 0 Å². The van der Waals surface area contributed by atoms with E-state index in [4.69, 9.17) is 24.4 Å². The molecule has 1 heterocycles. The molecular formula is C7H10Br2N2S2. The van der Waals surface area contributed by atoms with Gasteiger partial charge in [0.15, 0.2) is 5.11 Å². The standard InChI is InChI=1S/C7H10Br2N2S2/c1-3-7(4-2)5(12)10(8)6(13)11(7)9/h3-4H2,1-2H3. The summed E-state index contributed by atoms with van der Waals surface area (Å²) < 4.78 is 3.60. The molecule has 1 fully saturated rings. The zero-order valence-electron chi connectivity index (χ0n) is 7.38. The maximum Gasteiger partial charge on any atom is 0.198 e. The molecule has 1 aliphatic heterocycles. The second-order valence-electron chi connectivity index (χ2n) is 2.89. The molecular weight excluding hydrogens is 336 g/mol. The van der Waals surface area contributed by atoms with Gasteiger partial charge in [0.05, 0.1) is 32.3 Å². The average Bonchev–Trinajstić information content (AvgIpc) is 2.31. The van der Waals surface area contributed by atoms with Gasteiger partial charge in [0.1, 0.15) is 10.5 Å². The van der Waals surface area contributed by atoms with Gasteiger partial charge >= 0.3 is 0 Å². The second kappa shape index (κ2) is 4.08. The fourth-order valence-electron chi connectivity index (χ4n) is 1.44. The number of thiocarbonyl (C=S) groups is 2. The van der Waals surface area contributed by atoms with Gasteiger partial charge in [-0.1, -0.05) is 26.1 Å². The number of halogens is 2. The highest BCUT2D eigenvalue weighted by Gasteiger charge is 2.48. The van der Waals surface area contributed by atoms with E-state index in [2.05, 4.69) is 46.1 Å². The van der Waals surface area contributed by atoms with Gasteiger partial charge in [-0.2, -0.15) is 0 Å². The summed E-state index contributed by atoms with van der Waals surface area (Å²) in [6.07, 6.45) is 1.88. The molecule has 1 saturated heterocycles. The third-order valence-corrected chi connectivity index (χ3v) is 5.80. The van der Waals surface area contributed by atoms with E-state index in [0.717, 1.165) is 17.8 Å². The topological polar surface area (TPSA) is 6.48 Å². The SMILES string of the molecule is CCC1(CC)C(=S)N(Br)C(=S)N1Br. The maximum absolute atomic E-state index is 5.35. The van der Waals surface area contributed by atoms with Gasteiger partial charge in [0, 0.05) is 0 Å². The molecule has 0 bridgehead atoms. The summed E-state index contributed by atoms with van der Waals surface area (Å²) in [5, 5.41) is 0.675. The zero-order valence-corrected chi connectivity index (χ0v) is 12.2. The smallest absolute Gasteiger partial charge is 0.198 e. The van der Waals surface area contributed by atoms with Crippen molar-refractivity contribution in [2.75, 3.05) is 0 Å². The van der Waals surface area contributed by atoms with E-state index in [9.17, 15) is 0 Å². The van der Waals surface area contributed by atoms with E-state index in [1.54, 1.807) is 3.93 Å². The van der Waals surface area contributed by atoms with Crippen LogP contribution in [0.5, 0.6) is 0 Å². The minimum absolute atomic E-state index is 0.143. The minimum atomic E-state index is -0.143. The molecule has 74 valence electrons. The molecule has 1 rings (SSSR count). The Labute approximate surface area is 106 Å². The molecule has 1 aliphatic rings. The fourth-order valence-corrected chi connectivity index (χ4v) is 3.88. The molecule has 0 spiro atoms. The van der Waals surface area contributed by atoms with Crippen LogP contribution >= 0.6 is 56.7 Å². The summed E-state index contributed by atoms with van der Waals surface area (Å²) in [6, 6.07) is 0. The van der Waals surface area contributed by atoms with Crippen molar-refractivity contribution in [3.63, 3.8) is 0 Å². The Morgan fingerprint density at radius 1 is 1.23 bits per heavy atom. The molecule has 0 atom stereocenters. The van der Waals surface area contributed by atoms with Gasteiger partial charge in [-0.05, 0) is 25.1 Å². The van der Waals surface area contributed by atoms with Crippen LogP contribution < -0.4 is 0 Å². The molecule has 0 amide bonds. The van der Waals surface area contributed by atoms with Crippen molar-refractivity contribution in [3.05, 3.63) is 0 Å². The fraction of sp³-hybridized carbons (Fsp3) is 0.714. The number of rotatable bonds is 2. The molecule has 0 unspecified atom stereocenters. The van der Waals surface area contributed by atoms with Gasteiger partial charge in [0.25, 0.3) is 0 Å². The summed E-state index contributed by atoms with van der Waals surface area (Å²) in [4.78, 5) is 0.833. The van der Waals surface area contributed by atoms with E-state index in [-0.39, 0.29) is 5.54 Å². The molecule has 6 heteroatoms. The summed E-state index contributed by atoms with van der Waals surface area (Å²) >= 11 is 17.3. The maximum atomic E-state index is 5.35. The lowest BCUT2D eigenvalue weighted by atomic mass is 9.94. The molecule has 0 aromatic heterocycles. The average molecular weight is 346 g/mol. The van der Waals surface area contributed by atoms with Gasteiger partial charge in [-0.25, -0.2) is 3.93 Å². The van der Waals surface area contributed by atoms with Crippen LogP contribution in [0, 0.1) is 0 Å². The normalized spacial score (nSPS) is 21.5. The molecule has 2 nitrogen and oxygen atoms in total. The van der Waals surface area contributed by atoms with Crippen LogP contribution in [-0.2, 0) is 0 Å². The van der Waals surface area contributed by atoms with Gasteiger partial charge in [-0.3, -0.25) is 3.93 Å². The first-order chi connectivity index (χ1) is 6.01. The molecule has 0 aromatic carbocycles. The molecule has 0 radical (unpaired) electrons. The second-order valence-corrected chi connectivity index (χ2v) is 5.06. The van der Waals surface area contributed by atoms with E-state index in [0.29, 0.717) is 5.11 Å². The van der Waals surface area contributed by atoms with Crippen LogP contribution in [0.1, 0.15) is 26.7 Å². The lowest BCUT2D eigenvalue weighted by molar-refractivity contribution is 0.392. The lowest BCUT2D eigenvalue weighted by Crippen LogP contribution is -2.42. The predicted molar refractivity (Wildman–Crippen MR) is 70.0 cm³/mol. The zero-order chi connectivity index (χ0) is 10.2. The van der Waals surface area contributed by atoms with Gasteiger partial charge in [0.2, 0.25) is 0 Å². The van der Waals surface area contributed by atoms with Crippen molar-refractivity contribution in [2.24, 2.45) is 0 Å². The predicted octanol–water partition coefficient (Wildman–Crippen LogP) is 3.39. The Kier molecular flexibility index (Phi) is 3.71. The lowest BCUT2D eigenvalue weighted by Gasteiger charge is -2.30. The van der Waals surface area contributed by atoms with Crippen molar-refractivity contribution < 1.29 is 0 Å². The van der Waals surface area contributed by atoms with Crippen LogP contribution in [0.3, 0.4) is 0 Å².